The Kier molecular flexibility index (Phi) is 1.03. The molecule has 2 N–H and O–H groups in total. The van der Waals surface area contributed by atoms with Gasteiger partial charge in [-0.25, -0.2) is 9.91 Å². The van der Waals surface area contributed by atoms with Gasteiger partial charge in [0.05, 0.1) is 7.05 Å². The van der Waals surface area contributed by atoms with Gasteiger partial charge in [0.15, 0.2) is 13.3 Å². The zero-order valence-corrected chi connectivity index (χ0v) is 4.86. The smallest absolute Gasteiger partial charge is 0.155 e. The second-order valence-electron chi connectivity index (χ2n) is 2.19. The lowest BCUT2D eigenvalue weighted by Gasteiger charge is -2.40. The highest BCUT2D eigenvalue weighted by atomic mass is 15.7. The minimum atomic E-state index is 0.958. The van der Waals surface area contributed by atoms with Crippen LogP contribution in [-0.2, 0) is 0 Å². The molecule has 1 saturated heterocycles. The number of quaternary nitrogens is 1. The van der Waals surface area contributed by atoms with Crippen molar-refractivity contribution < 1.29 is 4.59 Å². The molecular formula is C4H12N3+. The summed E-state index contributed by atoms with van der Waals surface area (Å²) in [5.74, 6) is 0. The molecule has 1 rings (SSSR count). The number of nitrogens with zero attached hydrogens (tertiary/aromatic N) is 1. The first kappa shape index (κ1) is 5.03. The Balaban J connectivity index is 2.29. The number of nitrogens with one attached hydrogen (secondary N) is 2. The second kappa shape index (κ2) is 1.43. The summed E-state index contributed by atoms with van der Waals surface area (Å²) in [6, 6.07) is 0. The average molecular weight is 102 g/mol. The van der Waals surface area contributed by atoms with Crippen LogP contribution in [0, 0.1) is 0 Å². The predicted molar refractivity (Wildman–Crippen MR) is 28.1 cm³/mol. The molecule has 0 atom stereocenters. The topological polar surface area (TPSA) is 24.1 Å². The van der Waals surface area contributed by atoms with Crippen LogP contribution in [0.25, 0.3) is 0 Å². The van der Waals surface area contributed by atoms with Crippen LogP contribution < -0.4 is 10.7 Å². The largest absolute Gasteiger partial charge is 0.224 e. The molecule has 1 aliphatic rings. The average Bonchev–Trinajstić information content (AvgIpc) is 1.61. The molecule has 1 fully saturated rings. The van der Waals surface area contributed by atoms with Gasteiger partial charge in [0.25, 0.3) is 0 Å². The van der Waals surface area contributed by atoms with Gasteiger partial charge in [-0.2, -0.15) is 5.43 Å². The van der Waals surface area contributed by atoms with E-state index in [1.54, 1.807) is 0 Å². The highest BCUT2D eigenvalue weighted by Crippen LogP contribution is 1.97. The number of rotatable bonds is 1. The van der Waals surface area contributed by atoms with Gasteiger partial charge in [0.2, 0.25) is 0 Å². The predicted octanol–water partition coefficient (Wildman–Crippen LogP) is -0.914. The summed E-state index contributed by atoms with van der Waals surface area (Å²) in [5.41, 5.74) is 3.15. The van der Waals surface area contributed by atoms with Crippen LogP contribution in [0.2, 0.25) is 0 Å². The second-order valence-corrected chi connectivity index (χ2v) is 2.19. The molecule has 0 aromatic carbocycles. The standard InChI is InChI=1S/C4H12N3/c1-5-7(2)3-6-4-7/h5-6H,3-4H2,1-2H3/q+1. The number of hydrogen-bond acceptors (Lipinski definition) is 2. The molecule has 0 aliphatic carbocycles. The van der Waals surface area contributed by atoms with Crippen LogP contribution in [-0.4, -0.2) is 32.0 Å². The van der Waals surface area contributed by atoms with Crippen LogP contribution in [0.15, 0.2) is 0 Å². The minimum Gasteiger partial charge on any atom is -0.224 e. The lowest BCUT2D eigenvalue weighted by Crippen LogP contribution is -2.70. The van der Waals surface area contributed by atoms with Crippen molar-refractivity contribution in [3.63, 3.8) is 0 Å². The first-order valence-electron chi connectivity index (χ1n) is 2.51. The van der Waals surface area contributed by atoms with Crippen molar-refractivity contribution in [2.75, 3.05) is 27.4 Å². The molecule has 0 unspecified atom stereocenters. The molecule has 0 saturated carbocycles. The summed E-state index contributed by atoms with van der Waals surface area (Å²) in [7, 11) is 4.12. The van der Waals surface area contributed by atoms with E-state index in [2.05, 4.69) is 17.8 Å². The molecule has 0 amide bonds. The third-order valence-corrected chi connectivity index (χ3v) is 1.46. The fourth-order valence-electron chi connectivity index (χ4n) is 0.605. The van der Waals surface area contributed by atoms with Gasteiger partial charge in [-0.05, 0) is 0 Å². The monoisotopic (exact) mass is 102 g/mol. The van der Waals surface area contributed by atoms with E-state index in [0.717, 1.165) is 17.9 Å². The lowest BCUT2D eigenvalue weighted by molar-refractivity contribution is -0.993. The van der Waals surface area contributed by atoms with Gasteiger partial charge in [-0.3, -0.25) is 0 Å². The van der Waals surface area contributed by atoms with Crippen molar-refractivity contribution in [3.8, 4) is 0 Å². The van der Waals surface area contributed by atoms with E-state index in [1.165, 1.54) is 0 Å². The Labute approximate surface area is 43.9 Å². The Morgan fingerprint density at radius 3 is 2.14 bits per heavy atom. The fraction of sp³-hybridized carbons (Fsp3) is 1.00. The third-order valence-electron chi connectivity index (χ3n) is 1.46. The van der Waals surface area contributed by atoms with E-state index >= 15 is 0 Å². The van der Waals surface area contributed by atoms with E-state index in [9.17, 15) is 0 Å². The molecule has 3 heteroatoms. The molecular weight excluding hydrogens is 90.1 g/mol. The molecule has 0 spiro atoms. The molecule has 42 valence electrons. The Morgan fingerprint density at radius 2 is 2.14 bits per heavy atom. The van der Waals surface area contributed by atoms with Gasteiger partial charge < -0.3 is 0 Å². The maximum Gasteiger partial charge on any atom is 0.155 e. The molecule has 1 aliphatic heterocycles. The van der Waals surface area contributed by atoms with Crippen molar-refractivity contribution in [3.05, 3.63) is 0 Å². The van der Waals surface area contributed by atoms with E-state index in [1.807, 2.05) is 7.05 Å². The maximum atomic E-state index is 3.16. The van der Waals surface area contributed by atoms with Crippen LogP contribution in [0.5, 0.6) is 0 Å². The van der Waals surface area contributed by atoms with Gasteiger partial charge in [0, 0.05) is 7.05 Å². The van der Waals surface area contributed by atoms with Crippen molar-refractivity contribution in [1.82, 2.24) is 10.7 Å². The Bertz CT molecular complexity index is 61.8. The third kappa shape index (κ3) is 0.748. The molecule has 1 heterocycles. The first-order chi connectivity index (χ1) is 3.27. The van der Waals surface area contributed by atoms with Crippen molar-refractivity contribution in [2.24, 2.45) is 0 Å². The van der Waals surface area contributed by atoms with Gasteiger partial charge in [-0.15, -0.1) is 0 Å². The lowest BCUT2D eigenvalue weighted by atomic mass is 10.6. The van der Waals surface area contributed by atoms with E-state index in [0.29, 0.717) is 0 Å². The van der Waals surface area contributed by atoms with Crippen LogP contribution in [0.3, 0.4) is 0 Å². The quantitative estimate of drug-likeness (QED) is 0.419. The summed E-state index contributed by atoms with van der Waals surface area (Å²) in [6.07, 6.45) is 0. The van der Waals surface area contributed by atoms with Crippen LogP contribution in [0.1, 0.15) is 0 Å². The zero-order chi connectivity index (χ0) is 5.33. The summed E-state index contributed by atoms with van der Waals surface area (Å²) in [4.78, 5) is 0. The normalized spacial score (nSPS) is 26.6. The molecule has 0 aromatic heterocycles. The van der Waals surface area contributed by atoms with Crippen molar-refractivity contribution in [1.29, 1.82) is 0 Å². The van der Waals surface area contributed by atoms with Gasteiger partial charge in [0.1, 0.15) is 0 Å². The maximum absolute atomic E-state index is 3.16. The van der Waals surface area contributed by atoms with Crippen molar-refractivity contribution >= 4 is 0 Å². The van der Waals surface area contributed by atoms with E-state index in [-0.39, 0.29) is 0 Å². The molecule has 3 nitrogen and oxygen atoms in total. The van der Waals surface area contributed by atoms with E-state index < -0.39 is 0 Å². The first-order valence-corrected chi connectivity index (χ1v) is 2.51. The molecule has 7 heavy (non-hydrogen) atoms. The Morgan fingerprint density at radius 1 is 1.57 bits per heavy atom. The Hall–Kier alpha value is -0.120. The van der Waals surface area contributed by atoms with Gasteiger partial charge >= 0.3 is 0 Å². The summed E-state index contributed by atoms with van der Waals surface area (Å²) >= 11 is 0. The fourth-order valence-corrected chi connectivity index (χ4v) is 0.605. The zero-order valence-electron chi connectivity index (χ0n) is 4.86. The SMILES string of the molecule is CN[N+]1(C)CNC1. The molecule has 0 aromatic rings. The van der Waals surface area contributed by atoms with Crippen LogP contribution >= 0.6 is 0 Å². The van der Waals surface area contributed by atoms with Crippen LogP contribution in [0.4, 0.5) is 0 Å². The summed E-state index contributed by atoms with van der Waals surface area (Å²) in [6.45, 7) is 2.10. The highest BCUT2D eigenvalue weighted by molar-refractivity contribution is 4.37. The highest BCUT2D eigenvalue weighted by Gasteiger charge is 2.27. The van der Waals surface area contributed by atoms with Gasteiger partial charge in [-0.1, -0.05) is 0 Å². The molecule has 0 radical (unpaired) electrons. The summed E-state index contributed by atoms with van der Waals surface area (Å²) < 4.78 is 0.958. The summed E-state index contributed by atoms with van der Waals surface area (Å²) in [5, 5.41) is 3.16. The number of hydrogen-bond donors (Lipinski definition) is 2. The minimum absolute atomic E-state index is 0.958. The van der Waals surface area contributed by atoms with E-state index in [4.69, 9.17) is 0 Å². The molecule has 0 bridgehead atoms. The van der Waals surface area contributed by atoms with Crippen molar-refractivity contribution in [2.45, 2.75) is 0 Å².